The van der Waals surface area contributed by atoms with E-state index in [1.54, 1.807) is 0 Å². The largest absolute Gasteiger partial charge is 0.383 e. The van der Waals surface area contributed by atoms with Gasteiger partial charge < -0.3 is 20.4 Å². The van der Waals surface area contributed by atoms with E-state index in [4.69, 9.17) is 0 Å². The maximum absolute atomic E-state index is 3.66. The number of anilines is 2. The molecule has 0 amide bonds. The van der Waals surface area contributed by atoms with Gasteiger partial charge in [-0.3, -0.25) is 0 Å². The highest BCUT2D eigenvalue weighted by atomic mass is 15.1. The van der Waals surface area contributed by atoms with Gasteiger partial charge in [0.05, 0.1) is 22.1 Å². The van der Waals surface area contributed by atoms with Gasteiger partial charge >= 0.3 is 0 Å². The second kappa shape index (κ2) is 14.3. The standard InChI is InChI=1S/C38H44N6/c1-41(2)24-22-39-35-27-31(43(5)37-16-9-7-14-33(35)37)20-18-29-12-11-13-30(26-29)19-21-32-28-36(40-23-25-42(3)4)34-15-8-10-17-38(34)44(32)6/h7-21,26-28H,22-25H2,1-6H3/p+2/b20-18+,21-19+. The molecule has 0 saturated carbocycles. The van der Waals surface area contributed by atoms with Gasteiger partial charge in [0.25, 0.3) is 0 Å². The lowest BCUT2D eigenvalue weighted by molar-refractivity contribution is -0.646. The van der Waals surface area contributed by atoms with E-state index in [9.17, 15) is 0 Å². The molecule has 44 heavy (non-hydrogen) atoms. The highest BCUT2D eigenvalue weighted by Gasteiger charge is 2.15. The van der Waals surface area contributed by atoms with Gasteiger partial charge in [-0.25, -0.2) is 0 Å². The van der Waals surface area contributed by atoms with E-state index in [0.717, 1.165) is 60.1 Å². The third-order valence-corrected chi connectivity index (χ3v) is 8.02. The molecule has 2 N–H and O–H groups in total. The summed E-state index contributed by atoms with van der Waals surface area (Å²) in [7, 11) is 12.7. The van der Waals surface area contributed by atoms with Crippen LogP contribution in [0, 0.1) is 0 Å². The molecule has 6 heteroatoms. The summed E-state index contributed by atoms with van der Waals surface area (Å²) in [5.74, 6) is 0. The van der Waals surface area contributed by atoms with Gasteiger partial charge in [0.1, 0.15) is 14.1 Å². The number of nitrogens with one attached hydrogen (secondary N) is 2. The van der Waals surface area contributed by atoms with Gasteiger partial charge in [0.2, 0.25) is 22.4 Å². The molecule has 3 aromatic carbocycles. The molecule has 5 aromatic rings. The number of nitrogens with zero attached hydrogens (tertiary/aromatic N) is 4. The molecule has 2 aromatic heterocycles. The van der Waals surface area contributed by atoms with Crippen LogP contribution in [-0.2, 0) is 14.1 Å². The van der Waals surface area contributed by atoms with Crippen molar-refractivity contribution < 1.29 is 9.13 Å². The van der Waals surface area contributed by atoms with Crippen molar-refractivity contribution in [2.45, 2.75) is 0 Å². The van der Waals surface area contributed by atoms with Gasteiger partial charge in [0.15, 0.2) is 0 Å². The number of rotatable bonds is 12. The third-order valence-electron chi connectivity index (χ3n) is 8.02. The predicted octanol–water partition coefficient (Wildman–Crippen LogP) is 5.93. The zero-order valence-electron chi connectivity index (χ0n) is 27.0. The zero-order chi connectivity index (χ0) is 31.1. The SMILES string of the molecule is CN(C)CCNc1cc(/C=C/c2cccc(/C=C/c3cc(NCCN(C)C)c4ccccc4[n+]3C)c2)[n+](C)c2ccccc12. The molecule has 226 valence electrons. The molecule has 0 atom stereocenters. The molecular weight excluding hydrogens is 540 g/mol. The molecule has 0 bridgehead atoms. The number of likely N-dealkylation sites (N-methyl/N-ethyl adjacent to an activating group) is 2. The van der Waals surface area contributed by atoms with Crippen molar-refractivity contribution in [1.82, 2.24) is 9.80 Å². The first-order valence-electron chi connectivity index (χ1n) is 15.4. The van der Waals surface area contributed by atoms with Crippen molar-refractivity contribution >= 4 is 57.5 Å². The average Bonchev–Trinajstić information content (AvgIpc) is 3.02. The van der Waals surface area contributed by atoms with E-state index >= 15 is 0 Å². The summed E-state index contributed by atoms with van der Waals surface area (Å²) >= 11 is 0. The molecule has 0 unspecified atom stereocenters. The summed E-state index contributed by atoms with van der Waals surface area (Å²) in [4.78, 5) is 4.39. The fourth-order valence-electron chi connectivity index (χ4n) is 5.48. The lowest BCUT2D eigenvalue weighted by atomic mass is 10.1. The zero-order valence-corrected chi connectivity index (χ0v) is 27.0. The minimum Gasteiger partial charge on any atom is -0.383 e. The average molecular weight is 587 g/mol. The molecule has 0 fully saturated rings. The third kappa shape index (κ3) is 7.51. The van der Waals surface area contributed by atoms with Crippen LogP contribution in [0.15, 0.2) is 84.9 Å². The number of para-hydroxylation sites is 2. The van der Waals surface area contributed by atoms with Crippen LogP contribution in [0.25, 0.3) is 46.1 Å². The summed E-state index contributed by atoms with van der Waals surface area (Å²) in [5.41, 5.74) is 9.36. The normalized spacial score (nSPS) is 12.0. The Labute approximate surface area is 262 Å². The first-order valence-corrected chi connectivity index (χ1v) is 15.4. The Hall–Kier alpha value is -4.52. The van der Waals surface area contributed by atoms with Crippen LogP contribution < -0.4 is 19.8 Å². The smallest absolute Gasteiger partial charge is 0.214 e. The van der Waals surface area contributed by atoms with Crippen molar-refractivity contribution in [2.24, 2.45) is 14.1 Å². The molecule has 2 heterocycles. The summed E-state index contributed by atoms with van der Waals surface area (Å²) in [6.45, 7) is 3.74. The second-order valence-corrected chi connectivity index (χ2v) is 11.9. The predicted molar refractivity (Wildman–Crippen MR) is 189 cm³/mol. The second-order valence-electron chi connectivity index (χ2n) is 11.9. The summed E-state index contributed by atoms with van der Waals surface area (Å²) in [6.07, 6.45) is 8.82. The van der Waals surface area contributed by atoms with Crippen LogP contribution in [0.5, 0.6) is 0 Å². The van der Waals surface area contributed by atoms with Crippen molar-refractivity contribution in [3.63, 3.8) is 0 Å². The van der Waals surface area contributed by atoms with E-state index in [-0.39, 0.29) is 0 Å². The molecule has 6 nitrogen and oxygen atoms in total. The maximum atomic E-state index is 3.66. The van der Waals surface area contributed by atoms with E-state index < -0.39 is 0 Å². The fraction of sp³-hybridized carbons (Fsp3) is 0.263. The number of aromatic nitrogens is 2. The van der Waals surface area contributed by atoms with Crippen LogP contribution in [0.3, 0.4) is 0 Å². The lowest BCUT2D eigenvalue weighted by Gasteiger charge is -2.13. The van der Waals surface area contributed by atoms with Gasteiger partial charge in [-0.2, -0.15) is 9.13 Å². The highest BCUT2D eigenvalue weighted by molar-refractivity contribution is 5.91. The number of benzene rings is 3. The topological polar surface area (TPSA) is 38.3 Å². The van der Waals surface area contributed by atoms with Crippen molar-refractivity contribution in [1.29, 1.82) is 0 Å². The Balaban J connectivity index is 1.40. The molecule has 0 aliphatic carbocycles. The van der Waals surface area contributed by atoms with Crippen LogP contribution in [0.2, 0.25) is 0 Å². The molecule has 5 rings (SSSR count). The van der Waals surface area contributed by atoms with Crippen molar-refractivity contribution in [2.75, 3.05) is 65.0 Å². The van der Waals surface area contributed by atoms with Crippen molar-refractivity contribution in [3.05, 3.63) is 107 Å². The Kier molecular flexibility index (Phi) is 10.1. The maximum Gasteiger partial charge on any atom is 0.214 e. The number of pyridine rings is 2. The highest BCUT2D eigenvalue weighted by Crippen LogP contribution is 2.24. The van der Waals surface area contributed by atoms with Gasteiger partial charge in [-0.1, -0.05) is 42.5 Å². The van der Waals surface area contributed by atoms with Gasteiger partial charge in [0, 0.05) is 62.6 Å². The number of fused-ring (bicyclic) bond motifs is 2. The monoisotopic (exact) mass is 586 g/mol. The number of hydrogen-bond donors (Lipinski definition) is 2. The van der Waals surface area contributed by atoms with Gasteiger partial charge in [-0.15, -0.1) is 0 Å². The van der Waals surface area contributed by atoms with Crippen molar-refractivity contribution in [3.8, 4) is 0 Å². The van der Waals surface area contributed by atoms with E-state index in [1.165, 1.54) is 21.8 Å². The quantitative estimate of drug-likeness (QED) is 0.178. The minimum absolute atomic E-state index is 0.894. The van der Waals surface area contributed by atoms with E-state index in [2.05, 4.69) is 181 Å². The number of hydrogen-bond acceptors (Lipinski definition) is 4. The first-order chi connectivity index (χ1) is 21.3. The Morgan fingerprint density at radius 2 is 0.977 bits per heavy atom. The van der Waals surface area contributed by atoms with E-state index in [1.807, 2.05) is 0 Å². The van der Waals surface area contributed by atoms with Crippen LogP contribution in [0.1, 0.15) is 22.5 Å². The molecule has 0 saturated heterocycles. The first kappa shape index (κ1) is 30.9. The molecule has 0 aliphatic rings. The summed E-state index contributed by atoms with van der Waals surface area (Å²) in [5, 5.41) is 9.78. The van der Waals surface area contributed by atoms with E-state index in [0.29, 0.717) is 0 Å². The van der Waals surface area contributed by atoms with Gasteiger partial charge in [-0.05, 0) is 69.7 Å². The Bertz CT molecular complexity index is 1670. The Morgan fingerprint density at radius 1 is 0.545 bits per heavy atom. The van der Waals surface area contributed by atoms with Crippen LogP contribution in [0.4, 0.5) is 11.4 Å². The van der Waals surface area contributed by atoms with Crippen LogP contribution in [-0.4, -0.2) is 64.2 Å². The summed E-state index contributed by atoms with van der Waals surface area (Å²) < 4.78 is 4.52. The lowest BCUT2D eigenvalue weighted by Crippen LogP contribution is -2.33. The molecule has 0 radical (unpaired) electrons. The molecule has 0 spiro atoms. The molecular formula is C38H46N6+2. The summed E-state index contributed by atoms with van der Waals surface area (Å²) in [6, 6.07) is 30.4. The molecule has 0 aliphatic heterocycles. The van der Waals surface area contributed by atoms with Crippen LogP contribution >= 0.6 is 0 Å². The number of aryl methyl sites for hydroxylation is 2. The Morgan fingerprint density at radius 3 is 1.41 bits per heavy atom. The minimum atomic E-state index is 0.894. The fourth-order valence-corrected chi connectivity index (χ4v) is 5.48.